The summed E-state index contributed by atoms with van der Waals surface area (Å²) >= 11 is 0. The van der Waals surface area contributed by atoms with Gasteiger partial charge in [0.2, 0.25) is 0 Å². The Morgan fingerprint density at radius 2 is 1.89 bits per heavy atom. The highest BCUT2D eigenvalue weighted by Gasteiger charge is 2.17. The number of hydrogen-bond acceptors (Lipinski definition) is 5. The van der Waals surface area contributed by atoms with Crippen LogP contribution in [0.15, 0.2) is 53.3 Å². The lowest BCUT2D eigenvalue weighted by Gasteiger charge is -2.11. The molecule has 0 saturated heterocycles. The molecular weight excluding hydrogens is 360 g/mol. The van der Waals surface area contributed by atoms with Gasteiger partial charge in [-0.05, 0) is 18.6 Å². The van der Waals surface area contributed by atoms with E-state index in [-0.39, 0.29) is 22.6 Å². The second-order valence-corrected chi connectivity index (χ2v) is 6.39. The normalized spacial score (nSPS) is 10.8. The first kappa shape index (κ1) is 19.2. The monoisotopic (exact) mass is 380 g/mol. The minimum Gasteiger partial charge on any atom is -0.320 e. The van der Waals surface area contributed by atoms with Gasteiger partial charge in [0.1, 0.15) is 0 Å². The molecule has 0 aliphatic rings. The largest absolute Gasteiger partial charge is 0.320 e. The number of benzene rings is 2. The lowest BCUT2D eigenvalue weighted by atomic mass is 10.1. The number of carbonyl (C=O) groups excluding carboxylic acids is 1. The van der Waals surface area contributed by atoms with E-state index >= 15 is 0 Å². The lowest BCUT2D eigenvalue weighted by Crippen LogP contribution is -2.27. The molecule has 0 aliphatic heterocycles. The van der Waals surface area contributed by atoms with Crippen molar-refractivity contribution in [1.82, 2.24) is 9.78 Å². The Morgan fingerprint density at radius 1 is 1.14 bits per heavy atom. The molecule has 2 aromatic carbocycles. The maximum absolute atomic E-state index is 12.8. The van der Waals surface area contributed by atoms with E-state index in [1.165, 1.54) is 22.9 Å². The van der Waals surface area contributed by atoms with Gasteiger partial charge in [-0.1, -0.05) is 44.0 Å². The third-order valence-corrected chi connectivity index (χ3v) is 4.37. The van der Waals surface area contributed by atoms with Gasteiger partial charge in [0.05, 0.1) is 10.3 Å². The quantitative estimate of drug-likeness (QED) is 0.382. The van der Waals surface area contributed by atoms with Crippen LogP contribution in [-0.4, -0.2) is 20.6 Å². The molecule has 1 amide bonds. The topological polar surface area (TPSA) is 107 Å². The molecule has 0 aliphatic carbocycles. The van der Waals surface area contributed by atoms with Gasteiger partial charge in [-0.25, -0.2) is 4.68 Å². The van der Waals surface area contributed by atoms with Crippen molar-refractivity contribution in [3.05, 3.63) is 74.7 Å². The molecular formula is C20H20N4O4. The number of nitro benzene ring substituents is 1. The van der Waals surface area contributed by atoms with Gasteiger partial charge in [-0.15, -0.1) is 0 Å². The first-order chi connectivity index (χ1) is 13.5. The SMILES string of the molecule is CCCCCn1nc(C(=O)Nc2cccc([N+](=O)[O-])c2)c2ccccc2c1=O. The minimum atomic E-state index is -0.531. The molecule has 0 atom stereocenters. The van der Waals surface area contributed by atoms with Crippen LogP contribution in [0.2, 0.25) is 0 Å². The number of aromatic nitrogens is 2. The highest BCUT2D eigenvalue weighted by atomic mass is 16.6. The van der Waals surface area contributed by atoms with E-state index in [2.05, 4.69) is 17.3 Å². The van der Waals surface area contributed by atoms with E-state index in [1.807, 2.05) is 0 Å². The highest BCUT2D eigenvalue weighted by Crippen LogP contribution is 2.19. The van der Waals surface area contributed by atoms with Gasteiger partial charge in [-0.2, -0.15) is 5.10 Å². The van der Waals surface area contributed by atoms with Crippen LogP contribution in [0, 0.1) is 10.1 Å². The van der Waals surface area contributed by atoms with Crippen molar-refractivity contribution >= 4 is 28.1 Å². The van der Waals surface area contributed by atoms with E-state index in [9.17, 15) is 19.7 Å². The second-order valence-electron chi connectivity index (χ2n) is 6.39. The maximum atomic E-state index is 12.8. The van der Waals surface area contributed by atoms with Gasteiger partial charge in [0, 0.05) is 29.8 Å². The standard InChI is InChI=1S/C20H20N4O4/c1-2-3-6-12-23-20(26)17-11-5-4-10-16(17)18(22-23)19(25)21-14-8-7-9-15(13-14)24(27)28/h4-5,7-11,13H,2-3,6,12H2,1H3,(H,21,25). The van der Waals surface area contributed by atoms with Crippen molar-refractivity contribution in [2.24, 2.45) is 0 Å². The number of non-ortho nitro benzene ring substituents is 1. The summed E-state index contributed by atoms with van der Waals surface area (Å²) in [6.07, 6.45) is 2.74. The summed E-state index contributed by atoms with van der Waals surface area (Å²) in [5, 5.41) is 18.7. The Hall–Kier alpha value is -3.55. The maximum Gasteiger partial charge on any atom is 0.276 e. The summed E-state index contributed by atoms with van der Waals surface area (Å²) in [5.74, 6) is -0.527. The van der Waals surface area contributed by atoms with Crippen LogP contribution in [0.3, 0.4) is 0 Å². The van der Waals surface area contributed by atoms with Crippen LogP contribution in [-0.2, 0) is 6.54 Å². The number of carbonyl (C=O) groups is 1. The first-order valence-corrected chi connectivity index (χ1v) is 9.07. The first-order valence-electron chi connectivity index (χ1n) is 9.07. The summed E-state index contributed by atoms with van der Waals surface area (Å²) in [6.45, 7) is 2.49. The predicted octanol–water partition coefficient (Wildman–Crippen LogP) is 3.75. The minimum absolute atomic E-state index is 0.109. The fourth-order valence-electron chi connectivity index (χ4n) is 2.95. The molecule has 144 valence electrons. The summed E-state index contributed by atoms with van der Waals surface area (Å²) in [7, 11) is 0. The van der Waals surface area contributed by atoms with Crippen LogP contribution in [0.1, 0.15) is 36.7 Å². The van der Waals surface area contributed by atoms with Gasteiger partial charge < -0.3 is 5.32 Å². The number of anilines is 1. The number of nitrogens with one attached hydrogen (secondary N) is 1. The molecule has 1 N–H and O–H groups in total. The van der Waals surface area contributed by atoms with Crippen molar-refractivity contribution in [3.63, 3.8) is 0 Å². The fourth-order valence-corrected chi connectivity index (χ4v) is 2.95. The molecule has 1 aromatic heterocycles. The number of unbranched alkanes of at least 4 members (excludes halogenated alkanes) is 2. The Bertz CT molecular complexity index is 1090. The van der Waals surface area contributed by atoms with Crippen molar-refractivity contribution in [3.8, 4) is 0 Å². The molecule has 8 heteroatoms. The van der Waals surface area contributed by atoms with E-state index in [4.69, 9.17) is 0 Å². The number of fused-ring (bicyclic) bond motifs is 1. The Morgan fingerprint density at radius 3 is 2.61 bits per heavy atom. The van der Waals surface area contributed by atoms with E-state index in [0.717, 1.165) is 19.3 Å². The van der Waals surface area contributed by atoms with E-state index < -0.39 is 10.8 Å². The Kier molecular flexibility index (Phi) is 5.78. The zero-order valence-corrected chi connectivity index (χ0v) is 15.4. The third-order valence-electron chi connectivity index (χ3n) is 4.37. The molecule has 0 spiro atoms. The zero-order valence-electron chi connectivity index (χ0n) is 15.4. The van der Waals surface area contributed by atoms with Crippen LogP contribution in [0.4, 0.5) is 11.4 Å². The lowest BCUT2D eigenvalue weighted by molar-refractivity contribution is -0.384. The molecule has 0 saturated carbocycles. The van der Waals surface area contributed by atoms with Gasteiger partial charge in [0.25, 0.3) is 17.2 Å². The smallest absolute Gasteiger partial charge is 0.276 e. The predicted molar refractivity (Wildman–Crippen MR) is 107 cm³/mol. The van der Waals surface area contributed by atoms with Gasteiger partial charge in [-0.3, -0.25) is 19.7 Å². The van der Waals surface area contributed by atoms with Crippen LogP contribution in [0.25, 0.3) is 10.8 Å². The zero-order chi connectivity index (χ0) is 20.1. The van der Waals surface area contributed by atoms with Crippen LogP contribution in [0.5, 0.6) is 0 Å². The Balaban J connectivity index is 2.00. The van der Waals surface area contributed by atoms with E-state index in [0.29, 0.717) is 17.3 Å². The number of aryl methyl sites for hydroxylation is 1. The summed E-state index contributed by atoms with van der Waals surface area (Å²) < 4.78 is 1.32. The van der Waals surface area contributed by atoms with Gasteiger partial charge >= 0.3 is 0 Å². The number of amides is 1. The van der Waals surface area contributed by atoms with Crippen molar-refractivity contribution < 1.29 is 9.72 Å². The molecule has 3 aromatic rings. The number of nitrogens with zero attached hydrogens (tertiary/aromatic N) is 3. The molecule has 28 heavy (non-hydrogen) atoms. The molecule has 0 radical (unpaired) electrons. The molecule has 0 unspecified atom stereocenters. The number of rotatable bonds is 7. The number of nitro groups is 1. The van der Waals surface area contributed by atoms with Crippen LogP contribution >= 0.6 is 0 Å². The molecule has 0 fully saturated rings. The average Bonchev–Trinajstić information content (AvgIpc) is 2.70. The Labute approximate surface area is 161 Å². The summed E-state index contributed by atoms with van der Waals surface area (Å²) in [5.41, 5.74) is 0.0331. The molecule has 3 rings (SSSR count). The molecule has 0 bridgehead atoms. The summed E-state index contributed by atoms with van der Waals surface area (Å²) in [6, 6.07) is 12.5. The fraction of sp³-hybridized carbons (Fsp3) is 0.250. The third kappa shape index (κ3) is 4.06. The van der Waals surface area contributed by atoms with Crippen molar-refractivity contribution in [1.29, 1.82) is 0 Å². The van der Waals surface area contributed by atoms with Crippen molar-refractivity contribution in [2.45, 2.75) is 32.7 Å². The van der Waals surface area contributed by atoms with E-state index in [1.54, 1.807) is 30.3 Å². The average molecular weight is 380 g/mol. The number of hydrogen-bond donors (Lipinski definition) is 1. The molecule has 8 nitrogen and oxygen atoms in total. The highest BCUT2D eigenvalue weighted by molar-refractivity contribution is 6.11. The van der Waals surface area contributed by atoms with Crippen LogP contribution < -0.4 is 10.9 Å². The second kappa shape index (κ2) is 8.43. The van der Waals surface area contributed by atoms with Crippen molar-refractivity contribution in [2.75, 3.05) is 5.32 Å². The van der Waals surface area contributed by atoms with Gasteiger partial charge in [0.15, 0.2) is 5.69 Å². The summed E-state index contributed by atoms with van der Waals surface area (Å²) in [4.78, 5) is 35.9. The molecule has 1 heterocycles.